The molecule has 34 heavy (non-hydrogen) atoms. The first-order chi connectivity index (χ1) is 16.1. The van der Waals surface area contributed by atoms with E-state index in [2.05, 4.69) is 23.5 Å². The number of carbonyl (C=O) groups is 3. The number of carbonyl (C=O) groups excluding carboxylic acids is 3. The van der Waals surface area contributed by atoms with Crippen LogP contribution >= 0.6 is 11.8 Å². The van der Waals surface area contributed by atoms with E-state index >= 15 is 0 Å². The van der Waals surface area contributed by atoms with E-state index < -0.39 is 23.8 Å². The van der Waals surface area contributed by atoms with Crippen LogP contribution in [0.25, 0.3) is 0 Å². The predicted octanol–water partition coefficient (Wildman–Crippen LogP) is 4.12. The maximum Gasteiger partial charge on any atom is 0.408 e. The minimum Gasteiger partial charge on any atom is -0.444 e. The van der Waals surface area contributed by atoms with Gasteiger partial charge in [0.2, 0.25) is 11.8 Å². The number of likely N-dealkylation sites (N-methyl/N-ethyl adjacent to an activating group) is 1. The van der Waals surface area contributed by atoms with Crippen molar-refractivity contribution in [2.75, 3.05) is 25.6 Å². The molecular formula is C26H39N3O4S. The van der Waals surface area contributed by atoms with E-state index in [0.717, 1.165) is 19.3 Å². The third-order valence-electron chi connectivity index (χ3n) is 5.07. The summed E-state index contributed by atoms with van der Waals surface area (Å²) in [6.45, 7) is 7.87. The number of unbranched alkanes of at least 4 members (excludes halogenated alkanes) is 2. The molecule has 1 aromatic rings. The summed E-state index contributed by atoms with van der Waals surface area (Å²) in [5.41, 5.74) is 0.404. The first-order valence-electron chi connectivity index (χ1n) is 11.6. The molecule has 0 saturated carbocycles. The molecule has 0 aliphatic rings. The molecule has 0 spiro atoms. The van der Waals surface area contributed by atoms with Gasteiger partial charge in [0.25, 0.3) is 0 Å². The van der Waals surface area contributed by atoms with Crippen molar-refractivity contribution in [1.82, 2.24) is 15.5 Å². The van der Waals surface area contributed by atoms with Crippen molar-refractivity contribution in [2.24, 2.45) is 0 Å². The Bertz CT molecular complexity index is 860. The summed E-state index contributed by atoms with van der Waals surface area (Å²) in [6.07, 6.45) is 10.2. The van der Waals surface area contributed by atoms with Crippen LogP contribution < -0.4 is 10.6 Å². The Morgan fingerprint density at radius 1 is 1.21 bits per heavy atom. The second kappa shape index (κ2) is 14.6. The SMILES string of the molecule is C#Cc1ccccc1C(C(=O)NCCCCC)N(C)C(=O)C(CCSC)NC(=O)OC(C)(C)C. The number of alkyl carbamates (subject to hydrolysis) is 1. The summed E-state index contributed by atoms with van der Waals surface area (Å²) in [4.78, 5) is 40.6. The van der Waals surface area contributed by atoms with E-state index in [-0.39, 0.29) is 11.8 Å². The van der Waals surface area contributed by atoms with E-state index in [4.69, 9.17) is 11.2 Å². The highest BCUT2D eigenvalue weighted by atomic mass is 32.2. The third kappa shape index (κ3) is 9.68. The summed E-state index contributed by atoms with van der Waals surface area (Å²) in [5.74, 6) is 2.56. The first-order valence-corrected chi connectivity index (χ1v) is 13.0. The Morgan fingerprint density at radius 2 is 1.88 bits per heavy atom. The molecule has 0 fully saturated rings. The normalized spacial score (nSPS) is 12.7. The van der Waals surface area contributed by atoms with Crippen LogP contribution in [0.2, 0.25) is 0 Å². The Kier molecular flexibility index (Phi) is 12.6. The zero-order chi connectivity index (χ0) is 25.7. The standard InChI is InChI=1S/C26H39N3O4S/c1-8-10-13-17-27-23(30)22(20-15-12-11-14-19(20)9-2)29(6)24(31)21(16-18-34-7)28-25(32)33-26(3,4)5/h2,11-12,14-15,21-22H,8,10,13,16-18H2,1,3-7H3,(H,27,30)(H,28,32). The Labute approximate surface area is 208 Å². The highest BCUT2D eigenvalue weighted by Crippen LogP contribution is 2.25. The Morgan fingerprint density at radius 3 is 2.47 bits per heavy atom. The fraction of sp³-hybridized carbons (Fsp3) is 0.577. The van der Waals surface area contributed by atoms with Crippen LogP contribution in [0.4, 0.5) is 4.79 Å². The zero-order valence-electron chi connectivity index (χ0n) is 21.3. The van der Waals surface area contributed by atoms with Gasteiger partial charge in [0.1, 0.15) is 17.7 Å². The Hall–Kier alpha value is -2.66. The van der Waals surface area contributed by atoms with Gasteiger partial charge >= 0.3 is 6.09 Å². The summed E-state index contributed by atoms with van der Waals surface area (Å²) in [6, 6.07) is 5.31. The topological polar surface area (TPSA) is 87.7 Å². The number of nitrogens with one attached hydrogen (secondary N) is 2. The highest BCUT2D eigenvalue weighted by molar-refractivity contribution is 7.98. The van der Waals surface area contributed by atoms with Gasteiger partial charge in [-0.05, 0) is 57.3 Å². The van der Waals surface area contributed by atoms with Crippen LogP contribution in [-0.4, -0.2) is 60.1 Å². The summed E-state index contributed by atoms with van der Waals surface area (Å²) < 4.78 is 5.35. The van der Waals surface area contributed by atoms with Crippen molar-refractivity contribution < 1.29 is 19.1 Å². The van der Waals surface area contributed by atoms with Gasteiger partial charge in [0.15, 0.2) is 0 Å². The fourth-order valence-electron chi connectivity index (χ4n) is 3.39. The van der Waals surface area contributed by atoms with E-state index in [1.54, 1.807) is 63.8 Å². The number of benzene rings is 1. The van der Waals surface area contributed by atoms with Gasteiger partial charge in [-0.2, -0.15) is 11.8 Å². The van der Waals surface area contributed by atoms with Gasteiger partial charge in [-0.1, -0.05) is 43.9 Å². The van der Waals surface area contributed by atoms with Gasteiger partial charge in [-0.3, -0.25) is 9.59 Å². The molecule has 0 aliphatic heterocycles. The molecule has 0 aromatic heterocycles. The molecule has 3 amide bonds. The molecule has 1 aromatic carbocycles. The number of terminal acetylenes is 1. The number of nitrogens with zero attached hydrogens (tertiary/aromatic N) is 1. The van der Waals surface area contributed by atoms with Gasteiger partial charge in [0, 0.05) is 19.2 Å². The summed E-state index contributed by atoms with van der Waals surface area (Å²) in [5, 5.41) is 5.62. The quantitative estimate of drug-likeness (QED) is 0.341. The minimum absolute atomic E-state index is 0.310. The van der Waals surface area contributed by atoms with Crippen LogP contribution in [0.3, 0.4) is 0 Å². The zero-order valence-corrected chi connectivity index (χ0v) is 22.1. The second-order valence-electron chi connectivity index (χ2n) is 9.06. The van der Waals surface area contributed by atoms with Crippen molar-refractivity contribution in [2.45, 2.75) is 71.1 Å². The molecule has 8 heteroatoms. The number of hydrogen-bond donors (Lipinski definition) is 2. The van der Waals surface area contributed by atoms with E-state index in [1.165, 1.54) is 4.90 Å². The average Bonchev–Trinajstić information content (AvgIpc) is 2.78. The fourth-order valence-corrected chi connectivity index (χ4v) is 3.86. The summed E-state index contributed by atoms with van der Waals surface area (Å²) >= 11 is 1.56. The lowest BCUT2D eigenvalue weighted by Crippen LogP contribution is -2.52. The van der Waals surface area contributed by atoms with Crippen LogP contribution in [0.15, 0.2) is 24.3 Å². The molecule has 7 nitrogen and oxygen atoms in total. The average molecular weight is 490 g/mol. The molecule has 2 atom stereocenters. The smallest absolute Gasteiger partial charge is 0.408 e. The first kappa shape index (κ1) is 29.4. The third-order valence-corrected chi connectivity index (χ3v) is 5.72. The molecule has 0 radical (unpaired) electrons. The largest absolute Gasteiger partial charge is 0.444 e. The number of thioether (sulfide) groups is 1. The molecule has 0 bridgehead atoms. The van der Waals surface area contributed by atoms with Crippen molar-refractivity contribution >= 4 is 29.7 Å². The Balaban J connectivity index is 3.23. The lowest BCUT2D eigenvalue weighted by atomic mass is 9.98. The number of rotatable bonds is 12. The van der Waals surface area contributed by atoms with E-state index in [1.807, 2.05) is 6.26 Å². The van der Waals surface area contributed by atoms with E-state index in [0.29, 0.717) is 29.8 Å². The van der Waals surface area contributed by atoms with Gasteiger partial charge in [-0.25, -0.2) is 4.79 Å². The number of ether oxygens (including phenoxy) is 1. The molecule has 0 saturated heterocycles. The van der Waals surface area contributed by atoms with Crippen LogP contribution in [0, 0.1) is 12.3 Å². The minimum atomic E-state index is -0.932. The van der Waals surface area contributed by atoms with Crippen LogP contribution in [-0.2, 0) is 14.3 Å². The summed E-state index contributed by atoms with van der Waals surface area (Å²) in [7, 11) is 1.56. The molecule has 0 heterocycles. The molecule has 2 N–H and O–H groups in total. The maximum absolute atomic E-state index is 13.6. The molecule has 0 aliphatic carbocycles. The van der Waals surface area contributed by atoms with Gasteiger partial charge in [-0.15, -0.1) is 6.42 Å². The monoisotopic (exact) mass is 489 g/mol. The van der Waals surface area contributed by atoms with Crippen molar-refractivity contribution in [3.63, 3.8) is 0 Å². The van der Waals surface area contributed by atoms with E-state index in [9.17, 15) is 14.4 Å². The van der Waals surface area contributed by atoms with Crippen molar-refractivity contribution in [3.05, 3.63) is 35.4 Å². The van der Waals surface area contributed by atoms with Gasteiger partial charge < -0.3 is 20.3 Å². The lowest BCUT2D eigenvalue weighted by Gasteiger charge is -2.32. The van der Waals surface area contributed by atoms with Crippen LogP contribution in [0.1, 0.15) is 70.5 Å². The predicted molar refractivity (Wildman–Crippen MR) is 139 cm³/mol. The van der Waals surface area contributed by atoms with Crippen molar-refractivity contribution in [3.8, 4) is 12.3 Å². The highest BCUT2D eigenvalue weighted by Gasteiger charge is 2.34. The van der Waals surface area contributed by atoms with Crippen molar-refractivity contribution in [1.29, 1.82) is 0 Å². The van der Waals surface area contributed by atoms with Gasteiger partial charge in [0.05, 0.1) is 0 Å². The lowest BCUT2D eigenvalue weighted by molar-refractivity contribution is -0.140. The van der Waals surface area contributed by atoms with Crippen LogP contribution in [0.5, 0.6) is 0 Å². The molecular weight excluding hydrogens is 450 g/mol. The number of hydrogen-bond acceptors (Lipinski definition) is 5. The molecule has 1 rings (SSSR count). The number of amides is 3. The second-order valence-corrected chi connectivity index (χ2v) is 10.0. The molecule has 188 valence electrons. The molecule has 2 unspecified atom stereocenters. The maximum atomic E-state index is 13.6.